The van der Waals surface area contributed by atoms with Crippen molar-refractivity contribution in [2.75, 3.05) is 38.1 Å². The molecule has 1 aromatic carbocycles. The highest BCUT2D eigenvalue weighted by Crippen LogP contribution is 2.21. The van der Waals surface area contributed by atoms with Crippen LogP contribution >= 0.6 is 0 Å². The average molecular weight is 403 g/mol. The zero-order valence-corrected chi connectivity index (χ0v) is 17.0. The summed E-state index contributed by atoms with van der Waals surface area (Å²) in [6.07, 6.45) is 5.14. The van der Waals surface area contributed by atoms with E-state index in [1.165, 1.54) is 0 Å². The number of likely N-dealkylation sites (N-methyl/N-ethyl adjacent to an activating group) is 1. The summed E-state index contributed by atoms with van der Waals surface area (Å²) < 4.78 is 5.72. The number of carbonyl (C=O) groups is 1. The third kappa shape index (κ3) is 4.93. The Morgan fingerprint density at radius 1 is 1.00 bits per heavy atom. The normalized spacial score (nSPS) is 14.4. The lowest BCUT2D eigenvalue weighted by molar-refractivity contribution is 0.0951. The van der Waals surface area contributed by atoms with Crippen LogP contribution in [0.5, 0.6) is 11.5 Å². The highest BCUT2D eigenvalue weighted by molar-refractivity contribution is 5.94. The Morgan fingerprint density at radius 2 is 1.77 bits per heavy atom. The van der Waals surface area contributed by atoms with E-state index in [-0.39, 0.29) is 5.91 Å². The first-order valence-corrected chi connectivity index (χ1v) is 10.0. The van der Waals surface area contributed by atoms with Crippen molar-refractivity contribution in [3.63, 3.8) is 0 Å². The van der Waals surface area contributed by atoms with Gasteiger partial charge in [-0.15, -0.1) is 0 Å². The number of amides is 1. The molecule has 1 amide bonds. The molecule has 0 radical (unpaired) electrons. The standard InChI is InChI=1S/C23H25N5O2/c1-27-12-14-28(15-13-27)22-19(4-2-11-25-22)16-26-23(29)18-6-8-20(9-7-18)30-21-5-3-10-24-17-21/h2-11,17H,12-16H2,1H3,(H,26,29). The quantitative estimate of drug-likeness (QED) is 0.682. The fourth-order valence-electron chi connectivity index (χ4n) is 3.37. The molecule has 0 saturated carbocycles. The van der Waals surface area contributed by atoms with Crippen LogP contribution in [0.3, 0.4) is 0 Å². The van der Waals surface area contributed by atoms with Gasteiger partial charge in [0.1, 0.15) is 17.3 Å². The topological polar surface area (TPSA) is 70.6 Å². The van der Waals surface area contributed by atoms with Crippen LogP contribution in [-0.2, 0) is 6.54 Å². The number of hydrogen-bond donors (Lipinski definition) is 1. The Labute approximate surface area is 176 Å². The maximum atomic E-state index is 12.6. The van der Waals surface area contributed by atoms with Crippen LogP contribution in [0.15, 0.2) is 67.1 Å². The van der Waals surface area contributed by atoms with Gasteiger partial charge in [-0.05, 0) is 49.5 Å². The maximum absolute atomic E-state index is 12.6. The van der Waals surface area contributed by atoms with E-state index in [0.717, 1.165) is 37.6 Å². The van der Waals surface area contributed by atoms with Crippen LogP contribution in [-0.4, -0.2) is 54.0 Å². The number of piperazine rings is 1. The molecule has 3 aromatic rings. The minimum Gasteiger partial charge on any atom is -0.456 e. The van der Waals surface area contributed by atoms with Gasteiger partial charge in [0.15, 0.2) is 0 Å². The number of rotatable bonds is 6. The van der Waals surface area contributed by atoms with Crippen molar-refractivity contribution < 1.29 is 9.53 Å². The van der Waals surface area contributed by atoms with Crippen molar-refractivity contribution in [2.24, 2.45) is 0 Å². The predicted molar refractivity (Wildman–Crippen MR) is 116 cm³/mol. The largest absolute Gasteiger partial charge is 0.456 e. The molecule has 1 saturated heterocycles. The third-order valence-electron chi connectivity index (χ3n) is 5.10. The van der Waals surface area contributed by atoms with Crippen molar-refractivity contribution in [1.29, 1.82) is 0 Å². The van der Waals surface area contributed by atoms with Crippen LogP contribution in [0.1, 0.15) is 15.9 Å². The summed E-state index contributed by atoms with van der Waals surface area (Å²) in [4.78, 5) is 25.8. The number of benzene rings is 1. The van der Waals surface area contributed by atoms with Crippen LogP contribution < -0.4 is 15.0 Å². The first kappa shape index (κ1) is 19.8. The van der Waals surface area contributed by atoms with Crippen molar-refractivity contribution >= 4 is 11.7 Å². The Balaban J connectivity index is 1.37. The van der Waals surface area contributed by atoms with E-state index in [4.69, 9.17) is 4.74 Å². The van der Waals surface area contributed by atoms with Crippen LogP contribution in [0.4, 0.5) is 5.82 Å². The molecule has 1 aliphatic heterocycles. The number of ether oxygens (including phenoxy) is 1. The van der Waals surface area contributed by atoms with Gasteiger partial charge in [0.05, 0.1) is 6.20 Å². The van der Waals surface area contributed by atoms with Crippen molar-refractivity contribution in [3.8, 4) is 11.5 Å². The van der Waals surface area contributed by atoms with Crippen molar-refractivity contribution in [2.45, 2.75) is 6.54 Å². The van der Waals surface area contributed by atoms with E-state index in [2.05, 4.69) is 32.1 Å². The van der Waals surface area contributed by atoms with Crippen LogP contribution in [0.2, 0.25) is 0 Å². The van der Waals surface area contributed by atoms with Gasteiger partial charge in [-0.3, -0.25) is 9.78 Å². The molecule has 0 spiro atoms. The molecule has 7 nitrogen and oxygen atoms in total. The van der Waals surface area contributed by atoms with E-state index < -0.39 is 0 Å². The van der Waals surface area contributed by atoms with Gasteiger partial charge in [-0.1, -0.05) is 6.07 Å². The minimum atomic E-state index is -0.129. The summed E-state index contributed by atoms with van der Waals surface area (Å²) in [7, 11) is 2.13. The molecule has 0 atom stereocenters. The first-order valence-electron chi connectivity index (χ1n) is 10.0. The number of anilines is 1. The molecule has 0 bridgehead atoms. The summed E-state index contributed by atoms with van der Waals surface area (Å²) in [6.45, 7) is 4.33. The van der Waals surface area contributed by atoms with Crippen molar-refractivity contribution in [1.82, 2.24) is 20.2 Å². The molecule has 30 heavy (non-hydrogen) atoms. The number of carbonyl (C=O) groups excluding carboxylic acids is 1. The molecule has 2 aromatic heterocycles. The number of pyridine rings is 2. The molecule has 7 heteroatoms. The third-order valence-corrected chi connectivity index (χ3v) is 5.10. The van der Waals surface area contributed by atoms with E-state index >= 15 is 0 Å². The molecular weight excluding hydrogens is 378 g/mol. The monoisotopic (exact) mass is 403 g/mol. The van der Waals surface area contributed by atoms with Gasteiger partial charge < -0.3 is 19.9 Å². The van der Waals surface area contributed by atoms with E-state index in [1.54, 1.807) is 42.9 Å². The molecule has 1 aliphatic rings. The lowest BCUT2D eigenvalue weighted by Crippen LogP contribution is -2.45. The van der Waals surface area contributed by atoms with Gasteiger partial charge in [-0.25, -0.2) is 4.98 Å². The van der Waals surface area contributed by atoms with E-state index in [9.17, 15) is 4.79 Å². The lowest BCUT2D eigenvalue weighted by atomic mass is 10.2. The SMILES string of the molecule is CN1CCN(c2ncccc2CNC(=O)c2ccc(Oc3cccnc3)cc2)CC1. The number of nitrogens with one attached hydrogen (secondary N) is 1. The first-order chi connectivity index (χ1) is 14.7. The van der Waals surface area contributed by atoms with Crippen LogP contribution in [0.25, 0.3) is 0 Å². The van der Waals surface area contributed by atoms with Crippen LogP contribution in [0, 0.1) is 0 Å². The Bertz CT molecular complexity index is 970. The van der Waals surface area contributed by atoms with Gasteiger partial charge in [0.25, 0.3) is 5.91 Å². The number of hydrogen-bond acceptors (Lipinski definition) is 6. The predicted octanol–water partition coefficient (Wildman–Crippen LogP) is 2.95. The highest BCUT2D eigenvalue weighted by atomic mass is 16.5. The zero-order valence-electron chi connectivity index (χ0n) is 17.0. The van der Waals surface area contributed by atoms with E-state index in [1.807, 2.05) is 24.3 Å². The summed E-state index contributed by atoms with van der Waals surface area (Å²) in [5, 5.41) is 3.01. The zero-order chi connectivity index (χ0) is 20.8. The maximum Gasteiger partial charge on any atom is 0.251 e. The summed E-state index contributed by atoms with van der Waals surface area (Å²) in [5.74, 6) is 2.13. The second kappa shape index (κ2) is 9.37. The molecule has 3 heterocycles. The molecule has 0 aliphatic carbocycles. The molecular formula is C23H25N5O2. The fraction of sp³-hybridized carbons (Fsp3) is 0.261. The van der Waals surface area contributed by atoms with Gasteiger partial charge in [-0.2, -0.15) is 0 Å². The second-order valence-corrected chi connectivity index (χ2v) is 7.27. The summed E-state index contributed by atoms with van der Waals surface area (Å²) in [5.41, 5.74) is 1.60. The summed E-state index contributed by atoms with van der Waals surface area (Å²) >= 11 is 0. The Kier molecular flexibility index (Phi) is 6.20. The van der Waals surface area contributed by atoms with Crippen molar-refractivity contribution in [3.05, 3.63) is 78.2 Å². The minimum absolute atomic E-state index is 0.129. The number of nitrogens with zero attached hydrogens (tertiary/aromatic N) is 4. The molecule has 1 N–H and O–H groups in total. The fourth-order valence-corrected chi connectivity index (χ4v) is 3.37. The number of aromatic nitrogens is 2. The Morgan fingerprint density at radius 3 is 2.50 bits per heavy atom. The van der Waals surface area contributed by atoms with E-state index in [0.29, 0.717) is 23.6 Å². The molecule has 4 rings (SSSR count). The second-order valence-electron chi connectivity index (χ2n) is 7.27. The molecule has 0 unspecified atom stereocenters. The highest BCUT2D eigenvalue weighted by Gasteiger charge is 2.18. The molecule has 154 valence electrons. The van der Waals surface area contributed by atoms with Gasteiger partial charge >= 0.3 is 0 Å². The average Bonchev–Trinajstić information content (AvgIpc) is 2.79. The molecule has 1 fully saturated rings. The summed E-state index contributed by atoms with van der Waals surface area (Å²) in [6, 6.07) is 14.6. The van der Waals surface area contributed by atoms with Gasteiger partial charge in [0, 0.05) is 56.2 Å². The van der Waals surface area contributed by atoms with Gasteiger partial charge in [0.2, 0.25) is 0 Å². The smallest absolute Gasteiger partial charge is 0.251 e. The lowest BCUT2D eigenvalue weighted by Gasteiger charge is -2.34. The Hall–Kier alpha value is -3.45.